The molecule has 1 saturated heterocycles. The summed E-state index contributed by atoms with van der Waals surface area (Å²) in [6, 6.07) is 12.4. The second-order valence-electron chi connectivity index (χ2n) is 8.21. The van der Waals surface area contributed by atoms with Gasteiger partial charge in [0.2, 0.25) is 5.91 Å². The summed E-state index contributed by atoms with van der Waals surface area (Å²) < 4.78 is 14.3. The summed E-state index contributed by atoms with van der Waals surface area (Å²) in [6.07, 6.45) is 1.36. The largest absolute Gasteiger partial charge is 0.377 e. The van der Waals surface area contributed by atoms with Crippen molar-refractivity contribution in [2.45, 2.75) is 25.9 Å². The standard InChI is InChI=1S/C25H31FN4O2/c1-5-24(31)30-13-12-29(15-18(30)3)16-23(20-7-6-17(2)22(26)14-20)28-21-10-8-19(9-11-21)25(32)27-4/h5-11,14,18,23,28H,1,12-13,15-16H2,2-4H3,(H,27,32)/t18-,23+/m1/s1. The van der Waals surface area contributed by atoms with Gasteiger partial charge in [0.25, 0.3) is 5.91 Å². The number of carbonyl (C=O) groups excluding carboxylic acids is 2. The molecule has 2 amide bonds. The van der Waals surface area contributed by atoms with Crippen molar-refractivity contribution in [2.24, 2.45) is 0 Å². The second kappa shape index (κ2) is 10.4. The molecule has 32 heavy (non-hydrogen) atoms. The molecular formula is C25H31FN4O2. The van der Waals surface area contributed by atoms with Crippen molar-refractivity contribution < 1.29 is 14.0 Å². The van der Waals surface area contributed by atoms with E-state index >= 15 is 0 Å². The van der Waals surface area contributed by atoms with Crippen molar-refractivity contribution in [2.75, 3.05) is 38.5 Å². The van der Waals surface area contributed by atoms with E-state index in [0.29, 0.717) is 24.2 Å². The van der Waals surface area contributed by atoms with Gasteiger partial charge in [-0.15, -0.1) is 0 Å². The Morgan fingerprint density at radius 2 is 1.94 bits per heavy atom. The molecule has 0 radical (unpaired) electrons. The highest BCUT2D eigenvalue weighted by Gasteiger charge is 2.28. The lowest BCUT2D eigenvalue weighted by Crippen LogP contribution is -2.54. The monoisotopic (exact) mass is 438 g/mol. The summed E-state index contributed by atoms with van der Waals surface area (Å²) in [5.74, 6) is -0.433. The SMILES string of the molecule is C=CC(=O)N1CCN(C[C@H](Nc2ccc(C(=O)NC)cc2)c2ccc(C)c(F)c2)C[C@H]1C. The Hall–Kier alpha value is -3.19. The number of hydrogen-bond acceptors (Lipinski definition) is 4. The van der Waals surface area contributed by atoms with Crippen LogP contribution >= 0.6 is 0 Å². The number of halogens is 1. The molecule has 7 heteroatoms. The molecule has 3 rings (SSSR count). The fraction of sp³-hybridized carbons (Fsp3) is 0.360. The third kappa shape index (κ3) is 5.53. The van der Waals surface area contributed by atoms with Crippen LogP contribution in [0, 0.1) is 12.7 Å². The normalized spacial score (nSPS) is 17.5. The van der Waals surface area contributed by atoms with Crippen molar-refractivity contribution >= 4 is 17.5 Å². The number of rotatable bonds is 7. The number of benzene rings is 2. The summed E-state index contributed by atoms with van der Waals surface area (Å²) in [7, 11) is 1.60. The average Bonchev–Trinajstić information content (AvgIpc) is 2.80. The van der Waals surface area contributed by atoms with Crippen molar-refractivity contribution in [1.29, 1.82) is 0 Å². The maximum atomic E-state index is 14.3. The molecule has 1 fully saturated rings. The lowest BCUT2D eigenvalue weighted by Gasteiger charge is -2.41. The molecule has 1 heterocycles. The molecule has 2 aromatic carbocycles. The Labute approximate surface area is 189 Å². The predicted octanol–water partition coefficient (Wildman–Crippen LogP) is 3.37. The van der Waals surface area contributed by atoms with Crippen molar-refractivity contribution in [3.8, 4) is 0 Å². The third-order valence-corrected chi connectivity index (χ3v) is 5.92. The van der Waals surface area contributed by atoms with Crippen LogP contribution in [-0.4, -0.2) is 60.9 Å². The third-order valence-electron chi connectivity index (χ3n) is 5.92. The molecule has 1 aliphatic rings. The molecule has 0 bridgehead atoms. The number of piperazine rings is 1. The number of aryl methyl sites for hydroxylation is 1. The molecule has 0 aliphatic carbocycles. The highest BCUT2D eigenvalue weighted by molar-refractivity contribution is 5.94. The number of nitrogens with zero attached hydrogens (tertiary/aromatic N) is 2. The maximum Gasteiger partial charge on any atom is 0.251 e. The van der Waals surface area contributed by atoms with Gasteiger partial charge in [-0.05, 0) is 61.4 Å². The summed E-state index contributed by atoms with van der Waals surface area (Å²) in [5, 5.41) is 6.11. The van der Waals surface area contributed by atoms with Gasteiger partial charge in [0.05, 0.1) is 6.04 Å². The van der Waals surface area contributed by atoms with Gasteiger partial charge in [0.1, 0.15) is 5.82 Å². The van der Waals surface area contributed by atoms with Gasteiger partial charge in [-0.1, -0.05) is 18.7 Å². The number of nitrogens with one attached hydrogen (secondary N) is 2. The first-order valence-electron chi connectivity index (χ1n) is 10.8. The minimum Gasteiger partial charge on any atom is -0.377 e. The average molecular weight is 439 g/mol. The zero-order valence-electron chi connectivity index (χ0n) is 18.9. The van der Waals surface area contributed by atoms with E-state index in [1.54, 1.807) is 38.2 Å². The number of hydrogen-bond donors (Lipinski definition) is 2. The predicted molar refractivity (Wildman–Crippen MR) is 125 cm³/mol. The zero-order chi connectivity index (χ0) is 23.3. The van der Waals surface area contributed by atoms with Crippen molar-refractivity contribution in [1.82, 2.24) is 15.1 Å². The van der Waals surface area contributed by atoms with E-state index in [1.165, 1.54) is 6.08 Å². The Kier molecular flexibility index (Phi) is 7.64. The van der Waals surface area contributed by atoms with E-state index in [9.17, 15) is 14.0 Å². The first kappa shape index (κ1) is 23.5. The van der Waals surface area contributed by atoms with Gasteiger partial charge in [0.15, 0.2) is 0 Å². The Morgan fingerprint density at radius 3 is 2.53 bits per heavy atom. The molecule has 0 unspecified atom stereocenters. The first-order chi connectivity index (χ1) is 15.3. The lowest BCUT2D eigenvalue weighted by molar-refractivity contribution is -0.130. The molecule has 0 saturated carbocycles. The lowest BCUT2D eigenvalue weighted by atomic mass is 10.0. The van der Waals surface area contributed by atoms with Gasteiger partial charge in [-0.2, -0.15) is 0 Å². The van der Waals surface area contributed by atoms with E-state index in [2.05, 4.69) is 22.1 Å². The molecule has 2 aromatic rings. The molecule has 2 N–H and O–H groups in total. The van der Waals surface area contributed by atoms with E-state index in [4.69, 9.17) is 0 Å². The molecule has 1 aliphatic heterocycles. The van der Waals surface area contributed by atoms with Crippen LogP contribution in [0.3, 0.4) is 0 Å². The Morgan fingerprint density at radius 1 is 1.22 bits per heavy atom. The minimum atomic E-state index is -0.237. The van der Waals surface area contributed by atoms with Crippen LogP contribution in [0.5, 0.6) is 0 Å². The highest BCUT2D eigenvalue weighted by atomic mass is 19.1. The fourth-order valence-electron chi connectivity index (χ4n) is 4.03. The molecule has 0 spiro atoms. The summed E-state index contributed by atoms with van der Waals surface area (Å²) >= 11 is 0. The molecular weight excluding hydrogens is 407 g/mol. The van der Waals surface area contributed by atoms with Gasteiger partial charge < -0.3 is 15.5 Å². The van der Waals surface area contributed by atoms with E-state index < -0.39 is 0 Å². The van der Waals surface area contributed by atoms with Crippen molar-refractivity contribution in [3.63, 3.8) is 0 Å². The second-order valence-corrected chi connectivity index (χ2v) is 8.21. The van der Waals surface area contributed by atoms with E-state index in [-0.39, 0.29) is 29.7 Å². The smallest absolute Gasteiger partial charge is 0.251 e. The molecule has 2 atom stereocenters. The quantitative estimate of drug-likeness (QED) is 0.651. The van der Waals surface area contributed by atoms with Crippen LogP contribution in [0.1, 0.15) is 34.5 Å². The zero-order valence-corrected chi connectivity index (χ0v) is 18.9. The highest BCUT2D eigenvalue weighted by Crippen LogP contribution is 2.24. The summed E-state index contributed by atoms with van der Waals surface area (Å²) in [4.78, 5) is 28.0. The summed E-state index contributed by atoms with van der Waals surface area (Å²) in [6.45, 7) is 10.1. The van der Waals surface area contributed by atoms with Crippen LogP contribution in [-0.2, 0) is 4.79 Å². The molecule has 170 valence electrons. The van der Waals surface area contributed by atoms with Crippen LogP contribution < -0.4 is 10.6 Å². The number of carbonyl (C=O) groups is 2. The molecule has 0 aromatic heterocycles. The fourth-order valence-corrected chi connectivity index (χ4v) is 4.03. The van der Waals surface area contributed by atoms with Gasteiger partial charge in [0, 0.05) is 50.5 Å². The number of anilines is 1. The Bertz CT molecular complexity index is 976. The topological polar surface area (TPSA) is 64.7 Å². The van der Waals surface area contributed by atoms with Crippen molar-refractivity contribution in [3.05, 3.63) is 77.6 Å². The number of amides is 2. The van der Waals surface area contributed by atoms with Gasteiger partial charge in [-0.3, -0.25) is 14.5 Å². The van der Waals surface area contributed by atoms with Crippen LogP contribution in [0.25, 0.3) is 0 Å². The maximum absolute atomic E-state index is 14.3. The van der Waals surface area contributed by atoms with E-state index in [1.807, 2.05) is 30.0 Å². The van der Waals surface area contributed by atoms with Crippen LogP contribution in [0.4, 0.5) is 10.1 Å². The first-order valence-corrected chi connectivity index (χ1v) is 10.8. The Balaban J connectivity index is 1.79. The van der Waals surface area contributed by atoms with Crippen LogP contribution in [0.2, 0.25) is 0 Å². The van der Waals surface area contributed by atoms with Gasteiger partial charge in [-0.25, -0.2) is 4.39 Å². The van der Waals surface area contributed by atoms with Gasteiger partial charge >= 0.3 is 0 Å². The summed E-state index contributed by atoms with van der Waals surface area (Å²) in [5.41, 5.74) is 2.87. The minimum absolute atomic E-state index is 0.0522. The van der Waals surface area contributed by atoms with E-state index in [0.717, 1.165) is 24.3 Å². The van der Waals surface area contributed by atoms with Crippen LogP contribution in [0.15, 0.2) is 55.1 Å². The molecule has 6 nitrogen and oxygen atoms in total.